The van der Waals surface area contributed by atoms with Crippen molar-refractivity contribution in [3.8, 4) is 0 Å². The largest absolute Gasteiger partial charge is 0.388 e. The molecule has 0 saturated carbocycles. The molecule has 5 heteroatoms. The molecule has 1 aromatic rings. The summed E-state index contributed by atoms with van der Waals surface area (Å²) in [7, 11) is 0. The summed E-state index contributed by atoms with van der Waals surface area (Å²) in [6.07, 6.45) is 0.798. The summed E-state index contributed by atoms with van der Waals surface area (Å²) in [5.74, 6) is -1.08. The molecule has 1 amide bonds. The third-order valence-corrected chi connectivity index (χ3v) is 4.13. The molecule has 0 fully saturated rings. The zero-order chi connectivity index (χ0) is 14.6. The molecule has 106 valence electrons. The molecule has 2 unspecified atom stereocenters. The molecule has 0 radical (unpaired) electrons. The van der Waals surface area contributed by atoms with Gasteiger partial charge in [0.05, 0.1) is 11.2 Å². The summed E-state index contributed by atoms with van der Waals surface area (Å²) in [4.78, 5) is 12.0. The van der Waals surface area contributed by atoms with E-state index in [1.165, 1.54) is 12.1 Å². The Bertz CT molecular complexity index is 443. The van der Waals surface area contributed by atoms with Gasteiger partial charge in [-0.1, -0.05) is 26.3 Å². The fourth-order valence-electron chi connectivity index (χ4n) is 1.68. The highest BCUT2D eigenvalue weighted by molar-refractivity contribution is 9.10. The van der Waals surface area contributed by atoms with Gasteiger partial charge in [0.15, 0.2) is 0 Å². The van der Waals surface area contributed by atoms with Crippen molar-refractivity contribution in [2.24, 2.45) is 5.92 Å². The first-order chi connectivity index (χ1) is 8.79. The van der Waals surface area contributed by atoms with E-state index in [0.29, 0.717) is 4.47 Å². The molecule has 0 spiro atoms. The lowest BCUT2D eigenvalue weighted by molar-refractivity contribution is 0.00587. The van der Waals surface area contributed by atoms with E-state index in [0.717, 1.165) is 6.42 Å². The number of rotatable bonds is 5. The number of amides is 1. The Morgan fingerprint density at radius 3 is 2.74 bits per heavy atom. The van der Waals surface area contributed by atoms with E-state index < -0.39 is 17.3 Å². The minimum atomic E-state index is -1.01. The summed E-state index contributed by atoms with van der Waals surface area (Å²) >= 11 is 3.15. The molecular weight excluding hydrogens is 313 g/mol. The second kappa shape index (κ2) is 6.48. The topological polar surface area (TPSA) is 49.3 Å². The maximum atomic E-state index is 13.6. The molecule has 2 N–H and O–H groups in total. The zero-order valence-corrected chi connectivity index (χ0v) is 12.9. The van der Waals surface area contributed by atoms with Gasteiger partial charge in [-0.05, 0) is 40.9 Å². The maximum Gasteiger partial charge on any atom is 0.255 e. The Kier molecular flexibility index (Phi) is 5.50. The van der Waals surface area contributed by atoms with Gasteiger partial charge in [-0.2, -0.15) is 0 Å². The molecule has 2 atom stereocenters. The molecule has 0 aromatic heterocycles. The van der Waals surface area contributed by atoms with Gasteiger partial charge in [-0.25, -0.2) is 4.39 Å². The van der Waals surface area contributed by atoms with E-state index in [9.17, 15) is 14.3 Å². The van der Waals surface area contributed by atoms with Gasteiger partial charge in [-0.15, -0.1) is 0 Å². The Morgan fingerprint density at radius 2 is 2.21 bits per heavy atom. The maximum absolute atomic E-state index is 13.6. The number of hydrogen-bond acceptors (Lipinski definition) is 2. The van der Waals surface area contributed by atoms with E-state index >= 15 is 0 Å². The Hall–Kier alpha value is -0.940. The van der Waals surface area contributed by atoms with Gasteiger partial charge in [0.1, 0.15) is 5.82 Å². The molecule has 0 saturated heterocycles. The van der Waals surface area contributed by atoms with E-state index in [1.807, 2.05) is 13.8 Å². The molecule has 1 rings (SSSR count). The third-order valence-electron chi connectivity index (χ3n) is 3.47. The standard InChI is InChI=1S/C14H19BrFNO2/c1-4-9(2)14(3,19)8-17-13(18)12-10(15)6-5-7-11(12)16/h5-7,9,19H,4,8H2,1-3H3,(H,17,18). The van der Waals surface area contributed by atoms with Crippen LogP contribution in [0.3, 0.4) is 0 Å². The predicted octanol–water partition coefficient (Wildman–Crippen LogP) is 3.12. The second-order valence-corrected chi connectivity index (χ2v) is 5.80. The fourth-order valence-corrected chi connectivity index (χ4v) is 2.20. The molecule has 1 aromatic carbocycles. The van der Waals surface area contributed by atoms with Crippen LogP contribution in [-0.2, 0) is 0 Å². The Morgan fingerprint density at radius 1 is 1.58 bits per heavy atom. The second-order valence-electron chi connectivity index (χ2n) is 4.95. The quantitative estimate of drug-likeness (QED) is 0.870. The van der Waals surface area contributed by atoms with Crippen LogP contribution in [0.15, 0.2) is 22.7 Å². The van der Waals surface area contributed by atoms with Gasteiger partial charge in [0.2, 0.25) is 0 Å². The normalized spacial score (nSPS) is 15.7. The summed E-state index contributed by atoms with van der Waals surface area (Å²) in [5.41, 5.74) is -1.05. The SMILES string of the molecule is CCC(C)C(C)(O)CNC(=O)c1c(F)cccc1Br. The van der Waals surface area contributed by atoms with Gasteiger partial charge in [0, 0.05) is 11.0 Å². The van der Waals surface area contributed by atoms with E-state index in [1.54, 1.807) is 13.0 Å². The van der Waals surface area contributed by atoms with Crippen LogP contribution < -0.4 is 5.32 Å². The van der Waals surface area contributed by atoms with Crippen molar-refractivity contribution >= 4 is 21.8 Å². The van der Waals surface area contributed by atoms with Crippen LogP contribution in [-0.4, -0.2) is 23.2 Å². The Balaban J connectivity index is 2.76. The number of benzene rings is 1. The molecule has 0 bridgehead atoms. The predicted molar refractivity (Wildman–Crippen MR) is 76.5 cm³/mol. The van der Waals surface area contributed by atoms with Gasteiger partial charge in [0.25, 0.3) is 5.91 Å². The van der Waals surface area contributed by atoms with Crippen molar-refractivity contribution in [3.05, 3.63) is 34.1 Å². The van der Waals surface area contributed by atoms with E-state index in [4.69, 9.17) is 0 Å². The molecule has 0 aliphatic rings. The van der Waals surface area contributed by atoms with Gasteiger partial charge >= 0.3 is 0 Å². The van der Waals surface area contributed by atoms with Crippen LogP contribution >= 0.6 is 15.9 Å². The average molecular weight is 332 g/mol. The number of carbonyl (C=O) groups is 1. The first-order valence-electron chi connectivity index (χ1n) is 6.24. The fraction of sp³-hybridized carbons (Fsp3) is 0.500. The summed E-state index contributed by atoms with van der Waals surface area (Å²) < 4.78 is 14.0. The van der Waals surface area contributed by atoms with Crippen molar-refractivity contribution in [2.75, 3.05) is 6.54 Å². The van der Waals surface area contributed by atoms with Crippen molar-refractivity contribution in [1.29, 1.82) is 0 Å². The minimum Gasteiger partial charge on any atom is -0.388 e. The van der Waals surface area contributed by atoms with E-state index in [-0.39, 0.29) is 18.0 Å². The number of nitrogens with one attached hydrogen (secondary N) is 1. The van der Waals surface area contributed by atoms with E-state index in [2.05, 4.69) is 21.2 Å². The highest BCUT2D eigenvalue weighted by Gasteiger charge is 2.28. The van der Waals surface area contributed by atoms with Crippen LogP contribution in [0.1, 0.15) is 37.6 Å². The number of carbonyl (C=O) groups excluding carboxylic acids is 1. The summed E-state index contributed by atoms with van der Waals surface area (Å²) in [6.45, 7) is 5.62. The summed E-state index contributed by atoms with van der Waals surface area (Å²) in [6, 6.07) is 4.35. The third kappa shape index (κ3) is 4.01. The van der Waals surface area contributed by atoms with Crippen molar-refractivity contribution in [3.63, 3.8) is 0 Å². The van der Waals surface area contributed by atoms with Crippen LogP contribution in [0.5, 0.6) is 0 Å². The van der Waals surface area contributed by atoms with Crippen molar-refractivity contribution in [2.45, 2.75) is 32.8 Å². The van der Waals surface area contributed by atoms with Gasteiger partial charge in [-0.3, -0.25) is 4.79 Å². The number of hydrogen-bond donors (Lipinski definition) is 2. The molecule has 0 aliphatic heterocycles. The molecular formula is C14H19BrFNO2. The van der Waals surface area contributed by atoms with Crippen LogP contribution in [0.25, 0.3) is 0 Å². The Labute approximate surface area is 121 Å². The first kappa shape index (κ1) is 16.1. The smallest absolute Gasteiger partial charge is 0.255 e. The molecule has 0 aliphatic carbocycles. The molecule has 3 nitrogen and oxygen atoms in total. The lowest BCUT2D eigenvalue weighted by Crippen LogP contribution is -2.45. The van der Waals surface area contributed by atoms with Crippen LogP contribution in [0.4, 0.5) is 4.39 Å². The van der Waals surface area contributed by atoms with Crippen LogP contribution in [0.2, 0.25) is 0 Å². The lowest BCUT2D eigenvalue weighted by Gasteiger charge is -2.29. The van der Waals surface area contributed by atoms with Gasteiger partial charge < -0.3 is 10.4 Å². The monoisotopic (exact) mass is 331 g/mol. The van der Waals surface area contributed by atoms with Crippen LogP contribution in [0, 0.1) is 11.7 Å². The molecule has 0 heterocycles. The number of halogens is 2. The average Bonchev–Trinajstić information content (AvgIpc) is 2.35. The highest BCUT2D eigenvalue weighted by atomic mass is 79.9. The first-order valence-corrected chi connectivity index (χ1v) is 7.03. The lowest BCUT2D eigenvalue weighted by atomic mass is 9.88. The number of aliphatic hydroxyl groups is 1. The minimum absolute atomic E-state index is 0.0388. The van der Waals surface area contributed by atoms with Crippen molar-refractivity contribution in [1.82, 2.24) is 5.32 Å². The molecule has 19 heavy (non-hydrogen) atoms. The van der Waals surface area contributed by atoms with Crippen molar-refractivity contribution < 1.29 is 14.3 Å². The highest BCUT2D eigenvalue weighted by Crippen LogP contribution is 2.21. The zero-order valence-electron chi connectivity index (χ0n) is 11.3. The summed E-state index contributed by atoms with van der Waals surface area (Å²) in [5, 5.41) is 12.8.